The third kappa shape index (κ3) is 2.82. The van der Waals surface area contributed by atoms with Crippen molar-refractivity contribution in [1.29, 1.82) is 0 Å². The lowest BCUT2D eigenvalue weighted by Gasteiger charge is -2.20. The van der Waals surface area contributed by atoms with Crippen molar-refractivity contribution in [3.63, 3.8) is 0 Å². The van der Waals surface area contributed by atoms with E-state index in [-0.39, 0.29) is 11.9 Å². The van der Waals surface area contributed by atoms with Gasteiger partial charge in [-0.1, -0.05) is 0 Å². The third-order valence-electron chi connectivity index (χ3n) is 4.18. The Kier molecular flexibility index (Phi) is 3.53. The van der Waals surface area contributed by atoms with Gasteiger partial charge in [-0.2, -0.15) is 0 Å². The number of rotatable bonds is 4. The Morgan fingerprint density at radius 2 is 2.10 bits per heavy atom. The third-order valence-corrected chi connectivity index (χ3v) is 5.60. The average Bonchev–Trinajstić information content (AvgIpc) is 3.16. The van der Waals surface area contributed by atoms with Crippen molar-refractivity contribution in [2.45, 2.75) is 44.0 Å². The molecule has 1 atom stereocenters. The van der Waals surface area contributed by atoms with Crippen LogP contribution in [0, 0.1) is 5.92 Å². The van der Waals surface area contributed by atoms with Crippen LogP contribution in [0.3, 0.4) is 0 Å². The molecule has 0 radical (unpaired) electrons. The van der Waals surface area contributed by atoms with E-state index in [9.17, 15) is 13.2 Å². The van der Waals surface area contributed by atoms with Crippen LogP contribution in [0.5, 0.6) is 0 Å². The lowest BCUT2D eigenvalue weighted by atomic mass is 10.1. The molecule has 0 saturated heterocycles. The minimum absolute atomic E-state index is 0.0104. The molecule has 0 bridgehead atoms. The van der Waals surface area contributed by atoms with Crippen molar-refractivity contribution in [2.24, 2.45) is 5.92 Å². The Morgan fingerprint density at radius 1 is 1.38 bits per heavy atom. The molecular weight excluding hydrogens is 288 g/mol. The summed E-state index contributed by atoms with van der Waals surface area (Å²) in [5, 5.41) is 0. The highest BCUT2D eigenvalue weighted by molar-refractivity contribution is 7.89. The summed E-state index contributed by atoms with van der Waals surface area (Å²) < 4.78 is 27.2. The summed E-state index contributed by atoms with van der Waals surface area (Å²) in [4.78, 5) is 13.7. The van der Waals surface area contributed by atoms with Gasteiger partial charge in [-0.3, -0.25) is 4.79 Å². The van der Waals surface area contributed by atoms with E-state index in [1.54, 1.807) is 23.1 Å². The van der Waals surface area contributed by atoms with Gasteiger partial charge in [0.25, 0.3) is 0 Å². The van der Waals surface area contributed by atoms with Gasteiger partial charge in [0.05, 0.1) is 4.90 Å². The zero-order valence-electron chi connectivity index (χ0n) is 12.3. The Hall–Kier alpha value is -1.40. The predicted molar refractivity (Wildman–Crippen MR) is 80.7 cm³/mol. The van der Waals surface area contributed by atoms with Crippen LogP contribution >= 0.6 is 0 Å². The number of anilines is 1. The monoisotopic (exact) mass is 308 g/mol. The van der Waals surface area contributed by atoms with Crippen molar-refractivity contribution >= 4 is 21.6 Å². The van der Waals surface area contributed by atoms with Crippen LogP contribution in [-0.4, -0.2) is 26.9 Å². The van der Waals surface area contributed by atoms with Crippen molar-refractivity contribution in [3.05, 3.63) is 23.8 Å². The molecule has 1 amide bonds. The van der Waals surface area contributed by atoms with Crippen LogP contribution in [0.15, 0.2) is 23.1 Å². The molecule has 1 aliphatic carbocycles. The number of carbonyl (C=O) groups is 1. The molecule has 1 aliphatic heterocycles. The van der Waals surface area contributed by atoms with Gasteiger partial charge < -0.3 is 4.90 Å². The number of fused-ring (bicyclic) bond motifs is 1. The minimum Gasteiger partial charge on any atom is -0.309 e. The number of carbonyl (C=O) groups excluding carboxylic acids is 1. The quantitative estimate of drug-likeness (QED) is 0.920. The lowest BCUT2D eigenvalue weighted by molar-refractivity contribution is -0.116. The van der Waals surface area contributed by atoms with E-state index in [4.69, 9.17) is 0 Å². The van der Waals surface area contributed by atoms with Crippen molar-refractivity contribution < 1.29 is 13.2 Å². The first-order chi connectivity index (χ1) is 9.88. The molecular formula is C15H20N2O3S. The summed E-state index contributed by atoms with van der Waals surface area (Å²) in [6.07, 6.45) is 2.91. The Labute approximate surface area is 125 Å². The summed E-state index contributed by atoms with van der Waals surface area (Å²) in [5.41, 5.74) is 1.75. The first-order valence-corrected chi connectivity index (χ1v) is 8.79. The van der Waals surface area contributed by atoms with Crippen molar-refractivity contribution in [1.82, 2.24) is 4.72 Å². The average molecular weight is 308 g/mol. The molecule has 0 spiro atoms. The molecule has 1 fully saturated rings. The van der Waals surface area contributed by atoms with E-state index in [0.717, 1.165) is 24.1 Å². The van der Waals surface area contributed by atoms with Gasteiger partial charge in [-0.05, 0) is 55.9 Å². The number of sulfonamides is 1. The Bertz CT molecular complexity index is 680. The summed E-state index contributed by atoms with van der Waals surface area (Å²) in [6, 6.07) is 5.10. The number of hydrogen-bond acceptors (Lipinski definition) is 3. The van der Waals surface area contributed by atoms with Crippen LogP contribution in [0.1, 0.15) is 32.3 Å². The van der Waals surface area contributed by atoms with E-state index in [1.807, 2.05) is 6.92 Å². The van der Waals surface area contributed by atoms with Gasteiger partial charge in [-0.25, -0.2) is 13.1 Å². The van der Waals surface area contributed by atoms with Crippen LogP contribution in [0.4, 0.5) is 5.69 Å². The highest BCUT2D eigenvalue weighted by atomic mass is 32.2. The molecule has 2 aliphatic rings. The molecule has 1 unspecified atom stereocenters. The first-order valence-electron chi connectivity index (χ1n) is 7.31. The Morgan fingerprint density at radius 3 is 2.71 bits per heavy atom. The van der Waals surface area contributed by atoms with E-state index in [1.165, 1.54) is 6.92 Å². The fraction of sp³-hybridized carbons (Fsp3) is 0.533. The van der Waals surface area contributed by atoms with Crippen LogP contribution in [0.25, 0.3) is 0 Å². The molecule has 1 saturated carbocycles. The van der Waals surface area contributed by atoms with E-state index >= 15 is 0 Å². The second-order valence-electron chi connectivity index (χ2n) is 6.03. The van der Waals surface area contributed by atoms with Crippen LogP contribution in [-0.2, 0) is 21.2 Å². The zero-order valence-corrected chi connectivity index (χ0v) is 13.1. The molecule has 3 rings (SSSR count). The topological polar surface area (TPSA) is 66.5 Å². The molecule has 1 aromatic carbocycles. The number of hydrogen-bond donors (Lipinski definition) is 1. The highest BCUT2D eigenvalue weighted by Crippen LogP contribution is 2.34. The second-order valence-corrected chi connectivity index (χ2v) is 7.79. The molecule has 6 heteroatoms. The molecule has 114 valence electrons. The van der Waals surface area contributed by atoms with E-state index in [2.05, 4.69) is 4.72 Å². The summed E-state index contributed by atoms with van der Waals surface area (Å²) in [5.74, 6) is 0.492. The van der Waals surface area contributed by atoms with Gasteiger partial charge >= 0.3 is 0 Å². The van der Waals surface area contributed by atoms with Gasteiger partial charge in [0, 0.05) is 25.2 Å². The lowest BCUT2D eigenvalue weighted by Crippen LogP contribution is -2.33. The molecule has 1 heterocycles. The largest absolute Gasteiger partial charge is 0.309 e. The first kappa shape index (κ1) is 14.5. The minimum atomic E-state index is -3.45. The van der Waals surface area contributed by atoms with Gasteiger partial charge in [0.1, 0.15) is 0 Å². The normalized spacial score (nSPS) is 21.4. The molecule has 0 aromatic heterocycles. The molecule has 21 heavy (non-hydrogen) atoms. The maximum absolute atomic E-state index is 12.3. The predicted octanol–water partition coefficient (Wildman–Crippen LogP) is 1.67. The SMILES string of the molecule is CC(=O)N1c2ccc(S(=O)(=O)NCC3CC3)cc2CC1C. The maximum atomic E-state index is 12.3. The fourth-order valence-corrected chi connectivity index (χ4v) is 4.05. The second kappa shape index (κ2) is 5.10. The number of amides is 1. The van der Waals surface area contributed by atoms with E-state index in [0.29, 0.717) is 23.8 Å². The number of nitrogens with one attached hydrogen (secondary N) is 1. The van der Waals surface area contributed by atoms with Crippen molar-refractivity contribution in [3.8, 4) is 0 Å². The maximum Gasteiger partial charge on any atom is 0.240 e. The number of benzene rings is 1. The summed E-state index contributed by atoms with van der Waals surface area (Å²) in [6.45, 7) is 4.03. The van der Waals surface area contributed by atoms with Gasteiger partial charge in [0.2, 0.25) is 15.9 Å². The molecule has 1 N–H and O–H groups in total. The van der Waals surface area contributed by atoms with Gasteiger partial charge in [0.15, 0.2) is 0 Å². The standard InChI is InChI=1S/C15H20N2O3S/c1-10-7-13-8-14(5-6-15(13)17(10)11(2)18)21(19,20)16-9-12-3-4-12/h5-6,8,10,12,16H,3-4,7,9H2,1-2H3. The van der Waals surface area contributed by atoms with E-state index < -0.39 is 10.0 Å². The van der Waals surface area contributed by atoms with Crippen LogP contribution in [0.2, 0.25) is 0 Å². The summed E-state index contributed by atoms with van der Waals surface area (Å²) in [7, 11) is -3.45. The Balaban J connectivity index is 1.86. The molecule has 1 aromatic rings. The molecule has 5 nitrogen and oxygen atoms in total. The summed E-state index contributed by atoms with van der Waals surface area (Å²) >= 11 is 0. The van der Waals surface area contributed by atoms with Crippen LogP contribution < -0.4 is 9.62 Å². The fourth-order valence-electron chi connectivity index (χ4n) is 2.89. The number of nitrogens with zero attached hydrogens (tertiary/aromatic N) is 1. The zero-order chi connectivity index (χ0) is 15.2. The van der Waals surface area contributed by atoms with Gasteiger partial charge in [-0.15, -0.1) is 0 Å². The highest BCUT2D eigenvalue weighted by Gasteiger charge is 2.30. The smallest absolute Gasteiger partial charge is 0.240 e. The van der Waals surface area contributed by atoms with Crippen molar-refractivity contribution in [2.75, 3.05) is 11.4 Å².